The normalized spacial score (nSPS) is 18.9. The van der Waals surface area contributed by atoms with E-state index in [9.17, 15) is 4.79 Å². The number of esters is 1. The monoisotopic (exact) mass is 407 g/mol. The first-order valence-corrected chi connectivity index (χ1v) is 12.0. The van der Waals surface area contributed by atoms with Crippen molar-refractivity contribution in [2.24, 2.45) is 11.8 Å². The minimum Gasteiger partial charge on any atom is -0.426 e. The molecule has 0 N–H and O–H groups in total. The summed E-state index contributed by atoms with van der Waals surface area (Å²) in [6.45, 7) is 4.48. The smallest absolute Gasteiger partial charge is 0.314 e. The van der Waals surface area contributed by atoms with Crippen molar-refractivity contribution in [1.82, 2.24) is 4.98 Å². The second-order valence-electron chi connectivity index (χ2n) is 8.81. The van der Waals surface area contributed by atoms with Crippen LogP contribution in [-0.2, 0) is 11.2 Å². The number of hydrogen-bond acceptors (Lipinski definition) is 3. The standard InChI is InChI=1S/C27H37NO2/c1-3-5-6-7-9-22-12-19-26(28-20-22)23-15-17-25(18-16-23)30-27(29)24-13-10-21(8-4-2)11-14-24/h12,15-21,24H,3-11,13-14H2,1-2H3/t21-,24-. The molecule has 3 rings (SSSR count). The van der Waals surface area contributed by atoms with Crippen molar-refractivity contribution in [2.45, 2.75) is 84.5 Å². The predicted molar refractivity (Wildman–Crippen MR) is 124 cm³/mol. The zero-order valence-electron chi connectivity index (χ0n) is 18.7. The molecule has 30 heavy (non-hydrogen) atoms. The van der Waals surface area contributed by atoms with E-state index in [4.69, 9.17) is 4.74 Å². The number of unbranched alkanes of at least 4 members (excludes halogenated alkanes) is 3. The van der Waals surface area contributed by atoms with Gasteiger partial charge in [0.25, 0.3) is 0 Å². The molecule has 1 aromatic heterocycles. The molecule has 0 amide bonds. The summed E-state index contributed by atoms with van der Waals surface area (Å²) in [7, 11) is 0. The summed E-state index contributed by atoms with van der Waals surface area (Å²) >= 11 is 0. The van der Waals surface area contributed by atoms with Crippen molar-refractivity contribution in [2.75, 3.05) is 0 Å². The van der Waals surface area contributed by atoms with Gasteiger partial charge in [-0.05, 0) is 80.3 Å². The highest BCUT2D eigenvalue weighted by molar-refractivity contribution is 5.75. The highest BCUT2D eigenvalue weighted by Gasteiger charge is 2.27. The van der Waals surface area contributed by atoms with Gasteiger partial charge < -0.3 is 4.74 Å². The summed E-state index contributed by atoms with van der Waals surface area (Å²) < 4.78 is 5.66. The van der Waals surface area contributed by atoms with Gasteiger partial charge in [0.05, 0.1) is 11.6 Å². The largest absolute Gasteiger partial charge is 0.426 e. The van der Waals surface area contributed by atoms with Gasteiger partial charge in [-0.1, -0.05) is 52.0 Å². The maximum atomic E-state index is 12.5. The fourth-order valence-electron chi connectivity index (χ4n) is 4.49. The van der Waals surface area contributed by atoms with Crippen molar-refractivity contribution in [3.63, 3.8) is 0 Å². The SMILES string of the molecule is CCCCCCc1ccc(-c2ccc(OC(=O)[C@H]3CC[C@H](CCC)CC3)cc2)nc1. The third-order valence-corrected chi connectivity index (χ3v) is 6.39. The van der Waals surface area contributed by atoms with Crippen LogP contribution < -0.4 is 4.74 Å². The van der Waals surface area contributed by atoms with Crippen molar-refractivity contribution in [1.29, 1.82) is 0 Å². The number of ether oxygens (including phenoxy) is 1. The van der Waals surface area contributed by atoms with Gasteiger partial charge in [-0.3, -0.25) is 9.78 Å². The highest BCUT2D eigenvalue weighted by atomic mass is 16.5. The minimum absolute atomic E-state index is 0.0596. The zero-order chi connectivity index (χ0) is 21.2. The lowest BCUT2D eigenvalue weighted by molar-refractivity contribution is -0.140. The van der Waals surface area contributed by atoms with Crippen molar-refractivity contribution >= 4 is 5.97 Å². The van der Waals surface area contributed by atoms with Gasteiger partial charge in [0.15, 0.2) is 0 Å². The van der Waals surface area contributed by atoms with Crippen LogP contribution in [0.5, 0.6) is 5.75 Å². The summed E-state index contributed by atoms with van der Waals surface area (Å²) in [6.07, 6.45) is 15.0. The fourth-order valence-corrected chi connectivity index (χ4v) is 4.49. The number of aromatic nitrogens is 1. The summed E-state index contributed by atoms with van der Waals surface area (Å²) in [4.78, 5) is 17.1. The Kier molecular flexibility index (Phi) is 8.92. The Morgan fingerprint density at radius 2 is 1.70 bits per heavy atom. The lowest BCUT2D eigenvalue weighted by Crippen LogP contribution is -2.25. The lowest BCUT2D eigenvalue weighted by Gasteiger charge is -2.26. The molecular formula is C27H37NO2. The summed E-state index contributed by atoms with van der Waals surface area (Å²) in [6, 6.07) is 12.0. The molecule has 1 aromatic carbocycles. The summed E-state index contributed by atoms with van der Waals surface area (Å²) in [5.74, 6) is 1.42. The van der Waals surface area contributed by atoms with Crippen LogP contribution in [0, 0.1) is 11.8 Å². The fraction of sp³-hybridized carbons (Fsp3) is 0.556. The van der Waals surface area contributed by atoms with Gasteiger partial charge in [-0.25, -0.2) is 0 Å². The Hall–Kier alpha value is -2.16. The van der Waals surface area contributed by atoms with E-state index < -0.39 is 0 Å². The Morgan fingerprint density at radius 3 is 2.33 bits per heavy atom. The molecule has 2 aromatic rings. The molecule has 0 radical (unpaired) electrons. The second kappa shape index (κ2) is 11.9. The number of benzene rings is 1. The number of rotatable bonds is 10. The molecule has 0 unspecified atom stereocenters. The van der Waals surface area contributed by atoms with E-state index in [1.54, 1.807) is 0 Å². The minimum atomic E-state index is -0.0664. The number of carbonyl (C=O) groups excluding carboxylic acids is 1. The molecular weight excluding hydrogens is 370 g/mol. The lowest BCUT2D eigenvalue weighted by atomic mass is 9.80. The quantitative estimate of drug-likeness (QED) is 0.234. The molecule has 1 aliphatic rings. The predicted octanol–water partition coefficient (Wildman–Crippen LogP) is 7.38. The molecule has 3 nitrogen and oxygen atoms in total. The van der Waals surface area contributed by atoms with Gasteiger partial charge in [0, 0.05) is 11.8 Å². The van der Waals surface area contributed by atoms with Gasteiger partial charge in [0.1, 0.15) is 5.75 Å². The molecule has 1 fully saturated rings. The van der Waals surface area contributed by atoms with Gasteiger partial charge in [-0.15, -0.1) is 0 Å². The first-order chi connectivity index (χ1) is 14.7. The van der Waals surface area contributed by atoms with E-state index in [-0.39, 0.29) is 11.9 Å². The van der Waals surface area contributed by atoms with Crippen LogP contribution in [0.3, 0.4) is 0 Å². The number of pyridine rings is 1. The van der Waals surface area contributed by atoms with Crippen LogP contribution in [-0.4, -0.2) is 11.0 Å². The second-order valence-corrected chi connectivity index (χ2v) is 8.81. The van der Waals surface area contributed by atoms with Crippen LogP contribution in [0.4, 0.5) is 0 Å². The number of carbonyl (C=O) groups is 1. The topological polar surface area (TPSA) is 39.2 Å². The van der Waals surface area contributed by atoms with Crippen molar-refractivity contribution in [3.05, 3.63) is 48.2 Å². The molecule has 1 heterocycles. The van der Waals surface area contributed by atoms with Crippen LogP contribution in [0.1, 0.15) is 83.6 Å². The third-order valence-electron chi connectivity index (χ3n) is 6.39. The first-order valence-electron chi connectivity index (χ1n) is 12.0. The Bertz CT molecular complexity index is 758. The molecule has 3 heteroatoms. The number of aryl methyl sites for hydroxylation is 1. The molecule has 1 aliphatic carbocycles. The Morgan fingerprint density at radius 1 is 0.933 bits per heavy atom. The first kappa shape index (κ1) is 22.5. The Labute approximate surface area is 182 Å². The number of nitrogens with zero attached hydrogens (tertiary/aromatic N) is 1. The van der Waals surface area contributed by atoms with Crippen molar-refractivity contribution < 1.29 is 9.53 Å². The van der Waals surface area contributed by atoms with Crippen LogP contribution in [0.15, 0.2) is 42.6 Å². The number of hydrogen-bond donors (Lipinski definition) is 0. The Balaban J connectivity index is 1.49. The van der Waals surface area contributed by atoms with Crippen LogP contribution in [0.2, 0.25) is 0 Å². The van der Waals surface area contributed by atoms with E-state index in [2.05, 4.69) is 31.0 Å². The average Bonchev–Trinajstić information content (AvgIpc) is 2.78. The van der Waals surface area contributed by atoms with Crippen LogP contribution >= 0.6 is 0 Å². The molecule has 0 atom stereocenters. The van der Waals surface area contributed by atoms with Gasteiger partial charge in [0.2, 0.25) is 0 Å². The molecule has 0 spiro atoms. The van der Waals surface area contributed by atoms with Crippen molar-refractivity contribution in [3.8, 4) is 17.0 Å². The van der Waals surface area contributed by atoms with E-state index in [0.717, 1.165) is 49.3 Å². The average molecular weight is 408 g/mol. The molecule has 1 saturated carbocycles. The van der Waals surface area contributed by atoms with E-state index >= 15 is 0 Å². The van der Waals surface area contributed by atoms with Gasteiger partial charge >= 0.3 is 5.97 Å². The highest BCUT2D eigenvalue weighted by Crippen LogP contribution is 2.32. The van der Waals surface area contributed by atoms with E-state index in [0.29, 0.717) is 5.75 Å². The summed E-state index contributed by atoms with van der Waals surface area (Å²) in [5.41, 5.74) is 3.31. The molecule has 162 valence electrons. The molecule has 0 bridgehead atoms. The molecule has 0 aliphatic heterocycles. The maximum absolute atomic E-state index is 12.5. The van der Waals surface area contributed by atoms with Gasteiger partial charge in [-0.2, -0.15) is 0 Å². The third kappa shape index (κ3) is 6.68. The maximum Gasteiger partial charge on any atom is 0.314 e. The van der Waals surface area contributed by atoms with E-state index in [1.165, 1.54) is 44.1 Å². The zero-order valence-corrected chi connectivity index (χ0v) is 18.7. The summed E-state index contributed by atoms with van der Waals surface area (Å²) in [5, 5.41) is 0. The van der Waals surface area contributed by atoms with E-state index in [1.807, 2.05) is 30.5 Å². The van der Waals surface area contributed by atoms with Crippen LogP contribution in [0.25, 0.3) is 11.3 Å². The molecule has 0 saturated heterocycles.